The molecule has 0 bridgehead atoms. The molecule has 1 aliphatic rings. The third-order valence-electron chi connectivity index (χ3n) is 7.00. The summed E-state index contributed by atoms with van der Waals surface area (Å²) in [5, 5.41) is 14.9. The first-order valence-corrected chi connectivity index (χ1v) is 13.1. The molecule has 8 heteroatoms. The number of benzene rings is 2. The molecule has 0 spiro atoms. The summed E-state index contributed by atoms with van der Waals surface area (Å²) in [6.07, 6.45) is 3.31. The molecule has 186 valence electrons. The highest BCUT2D eigenvalue weighted by Gasteiger charge is 2.28. The highest BCUT2D eigenvalue weighted by molar-refractivity contribution is 6.39. The van der Waals surface area contributed by atoms with E-state index in [0.29, 0.717) is 43.1 Å². The maximum absolute atomic E-state index is 13.9. The zero-order chi connectivity index (χ0) is 25.6. The van der Waals surface area contributed by atoms with Crippen LogP contribution in [0.4, 0.5) is 4.39 Å². The minimum Gasteiger partial charge on any atom is -0.618 e. The Bertz CT molecular complexity index is 1430. The van der Waals surface area contributed by atoms with E-state index in [0.717, 1.165) is 41.9 Å². The third-order valence-corrected chi connectivity index (χ3v) is 7.94. The van der Waals surface area contributed by atoms with Crippen LogP contribution in [0.3, 0.4) is 0 Å². The first-order valence-electron chi connectivity index (χ1n) is 11.9. The summed E-state index contributed by atoms with van der Waals surface area (Å²) in [7, 11) is 0. The van der Waals surface area contributed by atoms with E-state index in [-0.39, 0.29) is 11.6 Å². The topological polar surface area (TPSA) is 43.1 Å². The van der Waals surface area contributed by atoms with Crippen LogP contribution in [0, 0.1) is 11.0 Å². The first-order chi connectivity index (χ1) is 17.2. The van der Waals surface area contributed by atoms with Crippen LogP contribution in [-0.4, -0.2) is 29.0 Å². The largest absolute Gasteiger partial charge is 0.618 e. The molecule has 0 unspecified atom stereocenters. The van der Waals surface area contributed by atoms with Gasteiger partial charge >= 0.3 is 0 Å². The molecule has 4 aromatic rings. The van der Waals surface area contributed by atoms with E-state index in [1.54, 1.807) is 30.3 Å². The van der Waals surface area contributed by atoms with Crippen LogP contribution in [0.25, 0.3) is 33.3 Å². The number of hydrogen-bond acceptors (Lipinski definition) is 3. The van der Waals surface area contributed by atoms with Crippen molar-refractivity contribution in [3.63, 3.8) is 0 Å². The van der Waals surface area contributed by atoms with Crippen molar-refractivity contribution < 1.29 is 9.12 Å². The molecule has 2 aromatic heterocycles. The standard InChI is InChI=1S/C28H25Cl3FN3O/c1-16(2)34-11-8-17(9-12-34)25-15-21(19-7-6-18(32)14-24(19)31)20-10-13-35(36)28(27(20)33-25)26-22(29)4-3-5-23(26)30/h3-7,10,13-17H,8-9,11-12H2,1-2H3. The summed E-state index contributed by atoms with van der Waals surface area (Å²) in [5.41, 5.74) is 3.53. The molecule has 1 aliphatic heterocycles. The zero-order valence-corrected chi connectivity index (χ0v) is 22.2. The van der Waals surface area contributed by atoms with Crippen LogP contribution in [0.2, 0.25) is 15.1 Å². The highest BCUT2D eigenvalue weighted by atomic mass is 35.5. The molecule has 4 nitrogen and oxygen atoms in total. The summed E-state index contributed by atoms with van der Waals surface area (Å²) in [6, 6.07) is 13.7. The van der Waals surface area contributed by atoms with Gasteiger partial charge in [0, 0.05) is 34.7 Å². The van der Waals surface area contributed by atoms with Gasteiger partial charge in [-0.1, -0.05) is 40.9 Å². The SMILES string of the molecule is CC(C)N1CCC(c2cc(-c3ccc(F)cc3Cl)c3cc[n+]([O-])c(-c4c(Cl)cccc4Cl)c3n2)CC1. The molecule has 1 saturated heterocycles. The number of aromatic nitrogens is 2. The lowest BCUT2D eigenvalue weighted by Gasteiger charge is -2.34. The van der Waals surface area contributed by atoms with Gasteiger partial charge in [-0.3, -0.25) is 0 Å². The molecular weight excluding hydrogens is 520 g/mol. The quantitative estimate of drug-likeness (QED) is 0.194. The van der Waals surface area contributed by atoms with Crippen molar-refractivity contribution >= 4 is 45.7 Å². The fourth-order valence-electron chi connectivity index (χ4n) is 5.05. The second-order valence-corrected chi connectivity index (χ2v) is 10.7. The summed E-state index contributed by atoms with van der Waals surface area (Å²) in [4.78, 5) is 7.50. The minimum atomic E-state index is -0.413. The number of likely N-dealkylation sites (tertiary alicyclic amines) is 1. The Morgan fingerprint density at radius 2 is 1.67 bits per heavy atom. The Morgan fingerprint density at radius 3 is 2.31 bits per heavy atom. The van der Waals surface area contributed by atoms with E-state index in [1.165, 1.54) is 18.3 Å². The molecular formula is C28H25Cl3FN3O. The van der Waals surface area contributed by atoms with Crippen LogP contribution in [0.15, 0.2) is 54.7 Å². The van der Waals surface area contributed by atoms with Crippen molar-refractivity contribution in [1.82, 2.24) is 9.88 Å². The molecule has 0 atom stereocenters. The van der Waals surface area contributed by atoms with Crippen molar-refractivity contribution in [2.45, 2.75) is 38.6 Å². The molecule has 36 heavy (non-hydrogen) atoms. The number of halogens is 4. The van der Waals surface area contributed by atoms with Gasteiger partial charge in [-0.2, -0.15) is 4.73 Å². The van der Waals surface area contributed by atoms with Gasteiger partial charge in [0.05, 0.1) is 20.6 Å². The van der Waals surface area contributed by atoms with E-state index in [4.69, 9.17) is 39.8 Å². The van der Waals surface area contributed by atoms with Gasteiger partial charge in [0.15, 0.2) is 6.20 Å². The number of nitrogens with zero attached hydrogens (tertiary/aromatic N) is 3. The fourth-order valence-corrected chi connectivity index (χ4v) is 5.89. The fraction of sp³-hybridized carbons (Fsp3) is 0.286. The summed E-state index contributed by atoms with van der Waals surface area (Å²) >= 11 is 19.6. The number of fused-ring (bicyclic) bond motifs is 1. The van der Waals surface area contributed by atoms with E-state index in [1.807, 2.05) is 6.07 Å². The molecule has 3 heterocycles. The number of piperidine rings is 1. The Balaban J connectivity index is 1.78. The summed E-state index contributed by atoms with van der Waals surface area (Å²) < 4.78 is 14.7. The van der Waals surface area contributed by atoms with Gasteiger partial charge in [-0.15, -0.1) is 0 Å². The van der Waals surface area contributed by atoms with Gasteiger partial charge in [-0.25, -0.2) is 9.37 Å². The van der Waals surface area contributed by atoms with E-state index in [2.05, 4.69) is 18.7 Å². The molecule has 0 N–H and O–H groups in total. The molecule has 0 amide bonds. The lowest BCUT2D eigenvalue weighted by molar-refractivity contribution is -0.592. The van der Waals surface area contributed by atoms with Crippen LogP contribution < -0.4 is 4.73 Å². The van der Waals surface area contributed by atoms with Crippen LogP contribution in [-0.2, 0) is 0 Å². The lowest BCUT2D eigenvalue weighted by atomic mass is 9.89. The number of pyridine rings is 2. The Morgan fingerprint density at radius 1 is 0.972 bits per heavy atom. The second-order valence-electron chi connectivity index (χ2n) is 9.47. The van der Waals surface area contributed by atoms with Crippen molar-refractivity contribution in [2.75, 3.05) is 13.1 Å². The molecule has 5 rings (SSSR count). The van der Waals surface area contributed by atoms with E-state index < -0.39 is 5.82 Å². The molecule has 0 aliphatic carbocycles. The smallest absolute Gasteiger partial charge is 0.253 e. The molecule has 0 radical (unpaired) electrons. The first kappa shape index (κ1) is 25.2. The second kappa shape index (κ2) is 10.1. The summed E-state index contributed by atoms with van der Waals surface area (Å²) in [5.74, 6) is -0.207. The summed E-state index contributed by atoms with van der Waals surface area (Å²) in [6.45, 7) is 6.34. The van der Waals surface area contributed by atoms with Crippen LogP contribution >= 0.6 is 34.8 Å². The molecule has 1 fully saturated rings. The Labute approximate surface area is 224 Å². The van der Waals surface area contributed by atoms with Gasteiger partial charge in [0.1, 0.15) is 11.3 Å². The van der Waals surface area contributed by atoms with Crippen molar-refractivity contribution in [3.8, 4) is 22.4 Å². The highest BCUT2D eigenvalue weighted by Crippen LogP contribution is 2.41. The zero-order valence-electron chi connectivity index (χ0n) is 19.9. The van der Waals surface area contributed by atoms with Crippen molar-refractivity contribution in [2.24, 2.45) is 0 Å². The Kier molecular flexibility index (Phi) is 7.10. The van der Waals surface area contributed by atoms with Crippen molar-refractivity contribution in [3.05, 3.63) is 86.5 Å². The number of hydrogen-bond donors (Lipinski definition) is 0. The lowest BCUT2D eigenvalue weighted by Crippen LogP contribution is -2.38. The average Bonchev–Trinajstić information content (AvgIpc) is 2.84. The van der Waals surface area contributed by atoms with E-state index >= 15 is 0 Å². The van der Waals surface area contributed by atoms with Crippen LogP contribution in [0.1, 0.15) is 38.3 Å². The predicted octanol–water partition coefficient (Wildman–Crippen LogP) is 7.89. The molecule has 0 saturated carbocycles. The van der Waals surface area contributed by atoms with Crippen LogP contribution in [0.5, 0.6) is 0 Å². The van der Waals surface area contributed by atoms with Gasteiger partial charge in [0.2, 0.25) is 0 Å². The monoisotopic (exact) mass is 543 g/mol. The normalized spacial score (nSPS) is 15.2. The maximum atomic E-state index is 13.9. The predicted molar refractivity (Wildman–Crippen MR) is 145 cm³/mol. The van der Waals surface area contributed by atoms with Gasteiger partial charge < -0.3 is 10.1 Å². The molecule has 2 aromatic carbocycles. The number of rotatable bonds is 4. The Hall–Kier alpha value is -2.44. The van der Waals surface area contributed by atoms with Gasteiger partial charge in [-0.05, 0) is 81.7 Å². The van der Waals surface area contributed by atoms with Crippen molar-refractivity contribution in [1.29, 1.82) is 0 Å². The maximum Gasteiger partial charge on any atom is 0.253 e. The third kappa shape index (κ3) is 4.66. The van der Waals surface area contributed by atoms with E-state index in [9.17, 15) is 9.60 Å². The van der Waals surface area contributed by atoms with Gasteiger partial charge in [0.25, 0.3) is 5.69 Å². The average molecular weight is 545 g/mol. The minimum absolute atomic E-state index is 0.206.